The Hall–Kier alpha value is -0.220. The van der Waals surface area contributed by atoms with Gasteiger partial charge in [0, 0.05) is 11.8 Å². The van der Waals surface area contributed by atoms with E-state index >= 15 is 0 Å². The molecule has 4 aliphatic carbocycles. The maximum absolute atomic E-state index is 12.5. The minimum absolute atomic E-state index is 0.0200. The summed E-state index contributed by atoms with van der Waals surface area (Å²) >= 11 is 7.20. The molecule has 1 unspecified atom stereocenters. The zero-order valence-electron chi connectivity index (χ0n) is 14.3. The molecule has 130 valence electrons. The van der Waals surface area contributed by atoms with E-state index in [4.69, 9.17) is 0 Å². The van der Waals surface area contributed by atoms with Crippen molar-refractivity contribution in [2.45, 2.75) is 57.2 Å². The molecule has 0 aromatic rings. The molecule has 4 rings (SSSR count). The molecule has 0 bridgehead atoms. The summed E-state index contributed by atoms with van der Waals surface area (Å²) in [5, 5.41) is 0. The van der Waals surface area contributed by atoms with Crippen LogP contribution >= 0.6 is 31.9 Å². The third kappa shape index (κ3) is 2.05. The van der Waals surface area contributed by atoms with Gasteiger partial charge in [0.25, 0.3) is 0 Å². The molecule has 6 atom stereocenters. The van der Waals surface area contributed by atoms with Gasteiger partial charge in [-0.15, -0.1) is 0 Å². The van der Waals surface area contributed by atoms with Gasteiger partial charge >= 0.3 is 0 Å². The van der Waals surface area contributed by atoms with Gasteiger partial charge in [0.15, 0.2) is 5.78 Å². The number of halogens is 2. The summed E-state index contributed by atoms with van der Waals surface area (Å²) < 4.78 is 0.734. The molecule has 0 spiro atoms. The third-order valence-electron chi connectivity index (χ3n) is 7.69. The number of hydrogen-bond donors (Lipinski definition) is 0. The second kappa shape index (κ2) is 5.39. The number of carbonyl (C=O) groups is 2. The average molecular weight is 456 g/mol. The van der Waals surface area contributed by atoms with Crippen molar-refractivity contribution in [3.8, 4) is 0 Å². The van der Waals surface area contributed by atoms with E-state index in [2.05, 4.69) is 52.3 Å². The molecule has 0 aromatic carbocycles. The fourth-order valence-electron chi connectivity index (χ4n) is 6.50. The van der Waals surface area contributed by atoms with Crippen LogP contribution in [0.3, 0.4) is 0 Å². The Bertz CT molecular complexity index is 694. The van der Waals surface area contributed by atoms with E-state index in [1.165, 1.54) is 0 Å². The van der Waals surface area contributed by atoms with Crippen molar-refractivity contribution < 1.29 is 9.59 Å². The van der Waals surface area contributed by atoms with Gasteiger partial charge in [0.05, 0.1) is 9.31 Å². The number of Topliss-reactive ketones (excluding diaryl/α,β-unsaturated/α-hetero) is 2. The van der Waals surface area contributed by atoms with Crippen LogP contribution in [0.5, 0.6) is 0 Å². The van der Waals surface area contributed by atoms with Gasteiger partial charge in [0.2, 0.25) is 0 Å². The highest BCUT2D eigenvalue weighted by molar-refractivity contribution is 9.12. The van der Waals surface area contributed by atoms with Crippen LogP contribution in [0.25, 0.3) is 0 Å². The van der Waals surface area contributed by atoms with Gasteiger partial charge in [-0.25, -0.2) is 0 Å². The smallest absolute Gasteiger partial charge is 0.183 e. The minimum atomic E-state index is -0.120. The lowest BCUT2D eigenvalue weighted by atomic mass is 9.47. The predicted octanol–water partition coefficient (Wildman–Crippen LogP) is 5.35. The summed E-state index contributed by atoms with van der Waals surface area (Å²) in [6, 6.07) is 0. The highest BCUT2D eigenvalue weighted by Gasteiger charge is 2.60. The first-order chi connectivity index (χ1) is 11.2. The zero-order chi connectivity index (χ0) is 17.4. The first-order valence-corrected chi connectivity index (χ1v) is 10.7. The molecule has 0 aliphatic heterocycles. The Morgan fingerprint density at radius 3 is 2.50 bits per heavy atom. The first-order valence-electron chi connectivity index (χ1n) is 9.00. The monoisotopic (exact) mass is 454 g/mol. The molecule has 0 N–H and O–H groups in total. The second-order valence-corrected chi connectivity index (χ2v) is 10.6. The number of hydrogen-bond acceptors (Lipinski definition) is 2. The van der Waals surface area contributed by atoms with Crippen LogP contribution in [0.2, 0.25) is 0 Å². The van der Waals surface area contributed by atoms with Crippen LogP contribution in [0.4, 0.5) is 0 Å². The van der Waals surface area contributed by atoms with E-state index in [0.29, 0.717) is 23.5 Å². The summed E-state index contributed by atoms with van der Waals surface area (Å²) in [7, 11) is 0. The maximum atomic E-state index is 12.5. The number of carbonyl (C=O) groups excluding carboxylic acids is 2. The van der Waals surface area contributed by atoms with Crippen LogP contribution in [-0.2, 0) is 9.59 Å². The Morgan fingerprint density at radius 1 is 1.12 bits per heavy atom. The van der Waals surface area contributed by atoms with Crippen molar-refractivity contribution in [1.82, 2.24) is 0 Å². The van der Waals surface area contributed by atoms with E-state index in [0.717, 1.165) is 54.2 Å². The second-order valence-electron chi connectivity index (χ2n) is 8.74. The number of allylic oxidation sites excluding steroid dienone is 2. The Kier molecular flexibility index (Phi) is 3.86. The number of rotatable bonds is 0. The van der Waals surface area contributed by atoms with E-state index in [9.17, 15) is 9.59 Å². The van der Waals surface area contributed by atoms with E-state index < -0.39 is 0 Å². The minimum Gasteiger partial charge on any atom is -0.299 e. The fraction of sp³-hybridized carbons (Fsp3) is 0.700. The van der Waals surface area contributed by atoms with Crippen molar-refractivity contribution >= 4 is 43.4 Å². The molecule has 0 saturated heterocycles. The molecule has 2 nitrogen and oxygen atoms in total. The maximum Gasteiger partial charge on any atom is 0.183 e. The number of ketones is 2. The molecule has 3 saturated carbocycles. The van der Waals surface area contributed by atoms with Gasteiger partial charge in [-0.2, -0.15) is 0 Å². The van der Waals surface area contributed by atoms with Gasteiger partial charge in [-0.3, -0.25) is 9.59 Å². The van der Waals surface area contributed by atoms with Crippen molar-refractivity contribution in [3.05, 3.63) is 22.2 Å². The van der Waals surface area contributed by atoms with E-state index in [-0.39, 0.29) is 21.4 Å². The molecule has 24 heavy (non-hydrogen) atoms. The molecule has 0 amide bonds. The fourth-order valence-corrected chi connectivity index (χ4v) is 8.71. The molecule has 4 heteroatoms. The highest BCUT2D eigenvalue weighted by atomic mass is 79.9. The number of alkyl halides is 1. The predicted molar refractivity (Wildman–Crippen MR) is 102 cm³/mol. The van der Waals surface area contributed by atoms with E-state index in [1.807, 2.05) is 0 Å². The topological polar surface area (TPSA) is 34.1 Å². The SMILES string of the molecule is C=C1C[C@@H]2[C@H](CC[C@]3(C)C(=O)CC[C@@H]23)[C@@]2(C)CC(Br)C(=O)C(Br)=C12. The molecule has 0 aromatic heterocycles. The average Bonchev–Trinajstić information content (AvgIpc) is 2.80. The summed E-state index contributed by atoms with van der Waals surface area (Å²) in [6.45, 7) is 8.89. The largest absolute Gasteiger partial charge is 0.299 e. The quantitative estimate of drug-likeness (QED) is 0.461. The molecule has 0 radical (unpaired) electrons. The summed E-state index contributed by atoms with van der Waals surface area (Å²) in [4.78, 5) is 24.9. The lowest BCUT2D eigenvalue weighted by Gasteiger charge is -2.58. The lowest BCUT2D eigenvalue weighted by Crippen LogP contribution is -2.52. The van der Waals surface area contributed by atoms with Crippen molar-refractivity contribution in [2.75, 3.05) is 0 Å². The molecular weight excluding hydrogens is 432 g/mol. The lowest BCUT2D eigenvalue weighted by molar-refractivity contribution is -0.131. The van der Waals surface area contributed by atoms with Gasteiger partial charge < -0.3 is 0 Å². The van der Waals surface area contributed by atoms with Gasteiger partial charge in [-0.1, -0.05) is 36.4 Å². The zero-order valence-corrected chi connectivity index (χ0v) is 17.5. The molecule has 3 fully saturated rings. The van der Waals surface area contributed by atoms with Gasteiger partial charge in [-0.05, 0) is 82.3 Å². The molecular formula is C20H24Br2O2. The van der Waals surface area contributed by atoms with Crippen LogP contribution in [0, 0.1) is 28.6 Å². The summed E-state index contributed by atoms with van der Waals surface area (Å²) in [5.41, 5.74) is 2.14. The van der Waals surface area contributed by atoms with Gasteiger partial charge in [0.1, 0.15) is 5.78 Å². The summed E-state index contributed by atoms with van der Waals surface area (Å²) in [6.07, 6.45) is 5.67. The number of fused-ring (bicyclic) bond motifs is 5. The van der Waals surface area contributed by atoms with Crippen molar-refractivity contribution in [3.63, 3.8) is 0 Å². The van der Waals surface area contributed by atoms with Crippen LogP contribution in [-0.4, -0.2) is 16.4 Å². The Morgan fingerprint density at radius 2 is 1.79 bits per heavy atom. The normalized spacial score (nSPS) is 48.2. The van der Waals surface area contributed by atoms with Crippen LogP contribution in [0.15, 0.2) is 22.2 Å². The third-order valence-corrected chi connectivity index (χ3v) is 9.22. The molecule has 4 aliphatic rings. The Balaban J connectivity index is 1.81. The summed E-state index contributed by atoms with van der Waals surface area (Å²) in [5.74, 6) is 2.19. The van der Waals surface area contributed by atoms with Crippen LogP contribution in [0.1, 0.15) is 52.4 Å². The standard InChI is InChI=1S/C20H24Br2O2/c1-10-8-11-12-4-5-15(23)19(12,2)7-6-13(11)20(3)9-14(21)18(24)17(22)16(10)20/h11-14H,1,4-9H2,2-3H3/t11-,12-,13-,14?,19-,20+/m0/s1. The Labute approximate surface area is 160 Å². The van der Waals surface area contributed by atoms with Crippen molar-refractivity contribution in [1.29, 1.82) is 0 Å². The van der Waals surface area contributed by atoms with Crippen LogP contribution < -0.4 is 0 Å². The molecule has 0 heterocycles. The highest BCUT2D eigenvalue weighted by Crippen LogP contribution is 2.66. The first kappa shape index (κ1) is 17.2. The van der Waals surface area contributed by atoms with Crippen molar-refractivity contribution in [2.24, 2.45) is 28.6 Å². The van der Waals surface area contributed by atoms with E-state index in [1.54, 1.807) is 0 Å².